The number of methoxy groups -OCH3 is 4. The van der Waals surface area contributed by atoms with Crippen molar-refractivity contribution in [1.29, 1.82) is 0 Å². The number of rotatable bonds is 10. The van der Waals surface area contributed by atoms with Gasteiger partial charge in [-0.25, -0.2) is 9.69 Å². The minimum atomic E-state index is -1.02. The van der Waals surface area contributed by atoms with Crippen molar-refractivity contribution in [2.75, 3.05) is 38.7 Å². The van der Waals surface area contributed by atoms with E-state index in [1.165, 1.54) is 26.2 Å². The fraction of sp³-hybridized carbons (Fsp3) is 0.250. The molecule has 1 atom stereocenters. The largest absolute Gasteiger partial charge is 0.497 e. The van der Waals surface area contributed by atoms with Crippen LogP contribution >= 0.6 is 0 Å². The fourth-order valence-corrected chi connectivity index (χ4v) is 4.20. The maximum atomic E-state index is 13.6. The molecule has 0 bridgehead atoms. The van der Waals surface area contributed by atoms with Gasteiger partial charge in [0.1, 0.15) is 29.0 Å². The lowest BCUT2D eigenvalue weighted by Crippen LogP contribution is -2.37. The number of ether oxygens (including phenoxy) is 4. The van der Waals surface area contributed by atoms with Crippen LogP contribution in [0, 0.1) is 0 Å². The number of amides is 4. The molecule has 1 fully saturated rings. The average molecular weight is 520 g/mol. The lowest BCUT2D eigenvalue weighted by molar-refractivity contribution is -0.124. The molecule has 10 heteroatoms. The zero-order chi connectivity index (χ0) is 27.2. The maximum Gasteiger partial charge on any atom is 0.332 e. The summed E-state index contributed by atoms with van der Waals surface area (Å²) in [7, 11) is 6.08. The van der Waals surface area contributed by atoms with Gasteiger partial charge < -0.3 is 29.2 Å². The minimum absolute atomic E-state index is 0.125. The first-order valence-electron chi connectivity index (χ1n) is 11.8. The highest BCUT2D eigenvalue weighted by Crippen LogP contribution is 2.31. The van der Waals surface area contributed by atoms with Crippen LogP contribution in [0.2, 0.25) is 0 Å². The molecule has 198 valence electrons. The first-order chi connectivity index (χ1) is 18.4. The van der Waals surface area contributed by atoms with Gasteiger partial charge in [0.25, 0.3) is 5.91 Å². The minimum Gasteiger partial charge on any atom is -0.497 e. The van der Waals surface area contributed by atoms with Gasteiger partial charge in [-0.05, 0) is 29.8 Å². The number of carbonyl (C=O) groups is 3. The molecule has 1 saturated heterocycles. The van der Waals surface area contributed by atoms with Crippen molar-refractivity contribution >= 4 is 29.2 Å². The third-order valence-corrected chi connectivity index (χ3v) is 6.16. The quantitative estimate of drug-likeness (QED) is 0.402. The van der Waals surface area contributed by atoms with E-state index in [0.29, 0.717) is 34.4 Å². The molecule has 0 aromatic heterocycles. The maximum absolute atomic E-state index is 13.6. The molecule has 1 aliphatic rings. The molecule has 0 unspecified atom stereocenters. The third-order valence-electron chi connectivity index (χ3n) is 6.16. The van der Waals surface area contributed by atoms with Gasteiger partial charge in [0.2, 0.25) is 5.91 Å². The molecule has 0 saturated carbocycles. The van der Waals surface area contributed by atoms with E-state index in [2.05, 4.69) is 5.32 Å². The van der Waals surface area contributed by atoms with E-state index in [4.69, 9.17) is 18.9 Å². The van der Waals surface area contributed by atoms with Crippen molar-refractivity contribution in [2.45, 2.75) is 19.0 Å². The summed E-state index contributed by atoms with van der Waals surface area (Å²) in [5.41, 5.74) is 1.58. The monoisotopic (exact) mass is 519 g/mol. The van der Waals surface area contributed by atoms with Crippen molar-refractivity contribution in [1.82, 2.24) is 4.90 Å². The molecule has 1 N–H and O–H groups in total. The second-order valence-electron chi connectivity index (χ2n) is 8.50. The van der Waals surface area contributed by atoms with Gasteiger partial charge in [-0.15, -0.1) is 0 Å². The molecule has 3 aromatic carbocycles. The number of hydrogen-bond acceptors (Lipinski definition) is 7. The highest BCUT2D eigenvalue weighted by atomic mass is 16.5. The van der Waals surface area contributed by atoms with Gasteiger partial charge in [-0.2, -0.15) is 0 Å². The highest BCUT2D eigenvalue weighted by molar-refractivity contribution is 6.22. The van der Waals surface area contributed by atoms with Crippen LogP contribution in [0.15, 0.2) is 66.7 Å². The predicted molar refractivity (Wildman–Crippen MR) is 141 cm³/mol. The Morgan fingerprint density at radius 1 is 0.789 bits per heavy atom. The van der Waals surface area contributed by atoms with Gasteiger partial charge in [-0.1, -0.05) is 18.2 Å². The van der Waals surface area contributed by atoms with Crippen LogP contribution in [0.25, 0.3) is 0 Å². The summed E-state index contributed by atoms with van der Waals surface area (Å²) in [6.07, 6.45) is -0.249. The van der Waals surface area contributed by atoms with Gasteiger partial charge in [0, 0.05) is 36.5 Å². The molecule has 38 heavy (non-hydrogen) atoms. The van der Waals surface area contributed by atoms with Crippen LogP contribution in [0.1, 0.15) is 12.0 Å². The van der Waals surface area contributed by atoms with Crippen molar-refractivity contribution < 1.29 is 33.3 Å². The number of benzene rings is 3. The summed E-state index contributed by atoms with van der Waals surface area (Å²) in [6.45, 7) is 0.125. The van der Waals surface area contributed by atoms with E-state index in [-0.39, 0.29) is 13.0 Å². The topological polar surface area (TPSA) is 107 Å². The van der Waals surface area contributed by atoms with Crippen molar-refractivity contribution in [3.8, 4) is 23.0 Å². The zero-order valence-electron chi connectivity index (χ0n) is 21.6. The summed E-state index contributed by atoms with van der Waals surface area (Å²) < 4.78 is 21.0. The number of imide groups is 1. The molecular weight excluding hydrogens is 490 g/mol. The molecule has 3 aromatic rings. The van der Waals surface area contributed by atoms with Crippen LogP contribution in [-0.2, 0) is 16.1 Å². The fourth-order valence-electron chi connectivity index (χ4n) is 4.20. The Balaban J connectivity index is 1.61. The van der Waals surface area contributed by atoms with Crippen molar-refractivity contribution in [2.24, 2.45) is 0 Å². The molecule has 1 aliphatic heterocycles. The highest BCUT2D eigenvalue weighted by Gasteiger charge is 2.46. The van der Waals surface area contributed by atoms with E-state index in [9.17, 15) is 14.4 Å². The smallest absolute Gasteiger partial charge is 0.332 e. The van der Waals surface area contributed by atoms with Crippen LogP contribution in [0.5, 0.6) is 23.0 Å². The average Bonchev–Trinajstić information content (AvgIpc) is 3.16. The summed E-state index contributed by atoms with van der Waals surface area (Å²) >= 11 is 0. The molecule has 4 amide bonds. The molecule has 1 heterocycles. The van der Waals surface area contributed by atoms with Crippen LogP contribution in [0.4, 0.5) is 16.2 Å². The van der Waals surface area contributed by atoms with Gasteiger partial charge >= 0.3 is 6.03 Å². The lowest BCUT2D eigenvalue weighted by atomic mass is 10.1. The standard InChI is InChI=1S/C28H29N3O7/c1-35-21-10-8-18(9-11-21)17-30-25(16-26(32)29-19-12-23(37-3)15-24(13-19)38-4)27(33)31(28(30)34)20-6-5-7-22(14-20)36-2/h5-15,25H,16-17H2,1-4H3,(H,29,32)/t25-/m0/s1. The number of nitrogens with one attached hydrogen (secondary N) is 1. The Kier molecular flexibility index (Phi) is 8.00. The molecular formula is C28H29N3O7. The third kappa shape index (κ3) is 5.64. The number of nitrogens with zero attached hydrogens (tertiary/aromatic N) is 2. The Labute approximate surface area is 220 Å². The molecule has 4 rings (SSSR count). The number of anilines is 2. The van der Waals surface area contributed by atoms with Crippen LogP contribution < -0.4 is 29.2 Å². The summed E-state index contributed by atoms with van der Waals surface area (Å²) in [4.78, 5) is 42.7. The van der Waals surface area contributed by atoms with E-state index in [1.54, 1.807) is 61.7 Å². The first-order valence-corrected chi connectivity index (χ1v) is 11.8. The van der Waals surface area contributed by atoms with Gasteiger partial charge in [-0.3, -0.25) is 9.59 Å². The first kappa shape index (κ1) is 26.3. The SMILES string of the molecule is COc1ccc(CN2C(=O)N(c3cccc(OC)c3)C(=O)[C@@H]2CC(=O)Nc2cc(OC)cc(OC)c2)cc1. The summed E-state index contributed by atoms with van der Waals surface area (Å²) in [5.74, 6) is 1.21. The second-order valence-corrected chi connectivity index (χ2v) is 8.50. The normalized spacial score (nSPS) is 14.9. The van der Waals surface area contributed by atoms with E-state index in [0.717, 1.165) is 10.5 Å². The number of urea groups is 1. The van der Waals surface area contributed by atoms with Crippen LogP contribution in [-0.4, -0.2) is 57.2 Å². The second kappa shape index (κ2) is 11.5. The summed E-state index contributed by atoms with van der Waals surface area (Å²) in [6, 6.07) is 17.2. The van der Waals surface area contributed by atoms with E-state index in [1.807, 2.05) is 12.1 Å². The zero-order valence-corrected chi connectivity index (χ0v) is 21.6. The molecule has 10 nitrogen and oxygen atoms in total. The number of carbonyl (C=O) groups excluding carboxylic acids is 3. The molecule has 0 radical (unpaired) electrons. The Morgan fingerprint density at radius 2 is 1.42 bits per heavy atom. The van der Waals surface area contributed by atoms with E-state index < -0.39 is 23.9 Å². The Bertz CT molecular complexity index is 1300. The van der Waals surface area contributed by atoms with E-state index >= 15 is 0 Å². The Morgan fingerprint density at radius 3 is 2.03 bits per heavy atom. The summed E-state index contributed by atoms with van der Waals surface area (Å²) in [5, 5.41) is 2.78. The van der Waals surface area contributed by atoms with Crippen LogP contribution in [0.3, 0.4) is 0 Å². The van der Waals surface area contributed by atoms with Gasteiger partial charge in [0.15, 0.2) is 0 Å². The van der Waals surface area contributed by atoms with Crippen molar-refractivity contribution in [3.63, 3.8) is 0 Å². The lowest BCUT2D eigenvalue weighted by Gasteiger charge is -2.22. The van der Waals surface area contributed by atoms with Gasteiger partial charge in [0.05, 0.1) is 40.5 Å². The van der Waals surface area contributed by atoms with Crippen molar-refractivity contribution in [3.05, 3.63) is 72.3 Å². The molecule has 0 spiro atoms. The number of hydrogen-bond donors (Lipinski definition) is 1. The molecule has 0 aliphatic carbocycles. The predicted octanol–water partition coefficient (Wildman–Crippen LogP) is 4.09. The Hall–Kier alpha value is -4.73.